The molecule has 1 aliphatic heterocycles. The highest BCUT2D eigenvalue weighted by atomic mass is 35.5. The minimum Gasteiger partial charge on any atom is -0.340 e. The molecule has 3 rings (SSSR count). The van der Waals surface area contributed by atoms with Crippen molar-refractivity contribution in [3.8, 4) is 0 Å². The predicted molar refractivity (Wildman–Crippen MR) is 104 cm³/mol. The van der Waals surface area contributed by atoms with Gasteiger partial charge in [-0.3, -0.25) is 9.59 Å². The fraction of sp³-hybridized carbons (Fsp3) is 0.350. The molecule has 0 saturated carbocycles. The van der Waals surface area contributed by atoms with Gasteiger partial charge in [0.05, 0.1) is 6.20 Å². The van der Waals surface area contributed by atoms with Crippen LogP contribution in [0.25, 0.3) is 0 Å². The van der Waals surface area contributed by atoms with Gasteiger partial charge >= 0.3 is 0 Å². The van der Waals surface area contributed by atoms with Crippen molar-refractivity contribution < 1.29 is 14.0 Å². The van der Waals surface area contributed by atoms with Crippen molar-refractivity contribution >= 4 is 23.4 Å². The summed E-state index contributed by atoms with van der Waals surface area (Å²) in [6.45, 7) is 3.41. The van der Waals surface area contributed by atoms with Crippen molar-refractivity contribution in [1.29, 1.82) is 0 Å². The first-order valence-corrected chi connectivity index (χ1v) is 9.54. The minimum absolute atomic E-state index is 0.0115. The number of carbonyl (C=O) groups excluding carboxylic acids is 2. The number of carbonyl (C=O) groups is 2. The van der Waals surface area contributed by atoms with Gasteiger partial charge in [-0.1, -0.05) is 23.7 Å². The van der Waals surface area contributed by atoms with Crippen LogP contribution in [0.4, 0.5) is 4.39 Å². The van der Waals surface area contributed by atoms with Crippen LogP contribution < -0.4 is 5.32 Å². The second-order valence-corrected chi connectivity index (χ2v) is 7.04. The lowest BCUT2D eigenvalue weighted by Crippen LogP contribution is -2.47. The Hall–Kier alpha value is -2.51. The number of piperazine rings is 1. The van der Waals surface area contributed by atoms with Gasteiger partial charge in [-0.05, 0) is 29.8 Å². The van der Waals surface area contributed by atoms with Crippen molar-refractivity contribution in [2.75, 3.05) is 32.7 Å². The minimum atomic E-state index is -0.508. The highest BCUT2D eigenvalue weighted by Crippen LogP contribution is 2.15. The van der Waals surface area contributed by atoms with Crippen LogP contribution in [0.1, 0.15) is 22.5 Å². The number of aromatic nitrogens is 1. The Balaban J connectivity index is 1.72. The van der Waals surface area contributed by atoms with Crippen LogP contribution in [0.5, 0.6) is 0 Å². The van der Waals surface area contributed by atoms with E-state index in [9.17, 15) is 14.0 Å². The van der Waals surface area contributed by atoms with Crippen molar-refractivity contribution in [1.82, 2.24) is 20.1 Å². The van der Waals surface area contributed by atoms with Gasteiger partial charge in [0, 0.05) is 50.7 Å². The Bertz CT molecular complexity index is 825. The molecule has 8 heteroatoms. The van der Waals surface area contributed by atoms with E-state index in [4.69, 9.17) is 11.6 Å². The Morgan fingerprint density at radius 1 is 1.21 bits per heavy atom. The van der Waals surface area contributed by atoms with Crippen LogP contribution in [0, 0.1) is 5.82 Å². The Morgan fingerprint density at radius 2 is 2.00 bits per heavy atom. The van der Waals surface area contributed by atoms with Crippen molar-refractivity contribution in [3.05, 3.63) is 64.7 Å². The second kappa shape index (κ2) is 9.61. The molecule has 6 nitrogen and oxygen atoms in total. The molecular weight excluding hydrogens is 383 g/mol. The summed E-state index contributed by atoms with van der Waals surface area (Å²) < 4.78 is 13.1. The number of halogens is 2. The quantitative estimate of drug-likeness (QED) is 0.802. The highest BCUT2D eigenvalue weighted by molar-refractivity contribution is 6.30. The van der Waals surface area contributed by atoms with Gasteiger partial charge in [-0.25, -0.2) is 9.37 Å². The monoisotopic (exact) mass is 404 g/mol. The van der Waals surface area contributed by atoms with E-state index in [2.05, 4.69) is 10.3 Å². The van der Waals surface area contributed by atoms with Crippen molar-refractivity contribution in [3.63, 3.8) is 0 Å². The Morgan fingerprint density at radius 3 is 2.68 bits per heavy atom. The number of rotatable bonds is 6. The molecule has 1 saturated heterocycles. The molecule has 148 valence electrons. The van der Waals surface area contributed by atoms with E-state index in [-0.39, 0.29) is 37.0 Å². The molecule has 28 heavy (non-hydrogen) atoms. The van der Waals surface area contributed by atoms with Crippen LogP contribution in [-0.2, 0) is 11.3 Å². The number of nitrogens with one attached hydrogen (secondary N) is 1. The van der Waals surface area contributed by atoms with Crippen LogP contribution in [0.2, 0.25) is 5.02 Å². The summed E-state index contributed by atoms with van der Waals surface area (Å²) in [5, 5.41) is 3.78. The zero-order valence-electron chi connectivity index (χ0n) is 15.4. The zero-order valence-corrected chi connectivity index (χ0v) is 16.2. The summed E-state index contributed by atoms with van der Waals surface area (Å²) in [6, 6.07) is 9.75. The summed E-state index contributed by atoms with van der Waals surface area (Å²) in [4.78, 5) is 32.6. The van der Waals surface area contributed by atoms with Crippen LogP contribution in [0.15, 0.2) is 42.6 Å². The molecule has 0 spiro atoms. The summed E-state index contributed by atoms with van der Waals surface area (Å²) in [6.07, 6.45) is 1.23. The van der Waals surface area contributed by atoms with E-state index in [0.29, 0.717) is 18.1 Å². The fourth-order valence-electron chi connectivity index (χ4n) is 3.08. The molecule has 0 radical (unpaired) electrons. The van der Waals surface area contributed by atoms with E-state index in [1.807, 2.05) is 12.1 Å². The molecule has 1 fully saturated rings. The number of pyridine rings is 1. The first-order chi connectivity index (χ1) is 13.5. The van der Waals surface area contributed by atoms with E-state index in [0.717, 1.165) is 24.8 Å². The molecule has 0 unspecified atom stereocenters. The lowest BCUT2D eigenvalue weighted by atomic mass is 10.2. The van der Waals surface area contributed by atoms with Gasteiger partial charge in [0.15, 0.2) is 0 Å². The second-order valence-electron chi connectivity index (χ2n) is 6.60. The van der Waals surface area contributed by atoms with Gasteiger partial charge in [-0.2, -0.15) is 0 Å². The third-order valence-electron chi connectivity index (χ3n) is 4.56. The van der Waals surface area contributed by atoms with E-state index < -0.39 is 5.82 Å². The number of nitrogens with zero attached hydrogens (tertiary/aromatic N) is 3. The summed E-state index contributed by atoms with van der Waals surface area (Å²) in [7, 11) is 0. The largest absolute Gasteiger partial charge is 0.340 e. The molecule has 2 aromatic rings. The topological polar surface area (TPSA) is 65.5 Å². The molecule has 1 aromatic carbocycles. The number of benzene rings is 1. The molecule has 1 aromatic heterocycles. The lowest BCUT2D eigenvalue weighted by Gasteiger charge is -2.29. The van der Waals surface area contributed by atoms with E-state index in [1.54, 1.807) is 21.9 Å². The number of amides is 2. The van der Waals surface area contributed by atoms with Crippen LogP contribution >= 0.6 is 11.6 Å². The van der Waals surface area contributed by atoms with Gasteiger partial charge in [0.1, 0.15) is 11.5 Å². The molecule has 1 aliphatic rings. The van der Waals surface area contributed by atoms with Gasteiger partial charge in [0.2, 0.25) is 5.91 Å². The molecule has 1 N–H and O–H groups in total. The molecule has 0 atom stereocenters. The third kappa shape index (κ3) is 5.50. The molecule has 0 bridgehead atoms. The zero-order chi connectivity index (χ0) is 19.9. The third-order valence-corrected chi connectivity index (χ3v) is 4.80. The SMILES string of the molecule is O=C(CCN(Cc1cccc(Cl)c1)C(=O)c1ccc(F)cn1)N1CCNCC1. The maximum absolute atomic E-state index is 13.1. The average molecular weight is 405 g/mol. The fourth-order valence-corrected chi connectivity index (χ4v) is 3.29. The first-order valence-electron chi connectivity index (χ1n) is 9.17. The van der Waals surface area contributed by atoms with Crippen LogP contribution in [-0.4, -0.2) is 59.3 Å². The summed E-state index contributed by atoms with van der Waals surface area (Å²) >= 11 is 6.05. The summed E-state index contributed by atoms with van der Waals surface area (Å²) in [5.41, 5.74) is 0.982. The van der Waals surface area contributed by atoms with Gasteiger partial charge in [0.25, 0.3) is 5.91 Å². The van der Waals surface area contributed by atoms with E-state index in [1.165, 1.54) is 12.1 Å². The van der Waals surface area contributed by atoms with Gasteiger partial charge < -0.3 is 15.1 Å². The van der Waals surface area contributed by atoms with Crippen LogP contribution in [0.3, 0.4) is 0 Å². The van der Waals surface area contributed by atoms with Gasteiger partial charge in [-0.15, -0.1) is 0 Å². The molecule has 2 heterocycles. The normalized spacial score (nSPS) is 14.0. The predicted octanol–water partition coefficient (Wildman–Crippen LogP) is 2.34. The molecular formula is C20H22ClFN4O2. The maximum atomic E-state index is 13.1. The number of hydrogen-bond donors (Lipinski definition) is 1. The van der Waals surface area contributed by atoms with Crippen molar-refractivity contribution in [2.24, 2.45) is 0 Å². The molecule has 2 amide bonds. The molecule has 0 aliphatic carbocycles. The maximum Gasteiger partial charge on any atom is 0.272 e. The average Bonchev–Trinajstić information content (AvgIpc) is 2.71. The first kappa shape index (κ1) is 20.2. The Kier molecular flexibility index (Phi) is 6.95. The standard InChI is InChI=1S/C20H22ClFN4O2/c21-16-3-1-2-15(12-16)14-26(20(28)18-5-4-17(22)13-24-18)9-6-19(27)25-10-7-23-8-11-25/h1-5,12-13,23H,6-11,14H2. The summed E-state index contributed by atoms with van der Waals surface area (Å²) in [5.74, 6) is -0.850. The highest BCUT2D eigenvalue weighted by Gasteiger charge is 2.21. The smallest absolute Gasteiger partial charge is 0.272 e. The van der Waals surface area contributed by atoms with E-state index >= 15 is 0 Å². The van der Waals surface area contributed by atoms with Crippen molar-refractivity contribution in [2.45, 2.75) is 13.0 Å². The number of hydrogen-bond acceptors (Lipinski definition) is 4. The lowest BCUT2D eigenvalue weighted by molar-refractivity contribution is -0.132. The Labute approximate surface area is 168 Å².